The summed E-state index contributed by atoms with van der Waals surface area (Å²) in [5, 5.41) is 11.9. The summed E-state index contributed by atoms with van der Waals surface area (Å²) in [5.41, 5.74) is -2.90. The molecule has 0 spiro atoms. The number of alkyl halides is 1. The first-order valence-electron chi connectivity index (χ1n) is 12.3. The third-order valence-electron chi connectivity index (χ3n) is 6.64. The summed E-state index contributed by atoms with van der Waals surface area (Å²) in [6, 6.07) is 4.05. The third kappa shape index (κ3) is 5.31. The highest BCUT2D eigenvalue weighted by Gasteiger charge is 2.43. The molecule has 6 rings (SSSR count). The molecule has 2 aromatic carbocycles. The molecule has 11 nitrogen and oxygen atoms in total. The summed E-state index contributed by atoms with van der Waals surface area (Å²) in [6.45, 7) is -0.885. The van der Waals surface area contributed by atoms with Crippen LogP contribution >= 0.6 is 11.6 Å². The average molecular weight is 590 g/mol. The van der Waals surface area contributed by atoms with E-state index < -0.39 is 41.0 Å². The van der Waals surface area contributed by atoms with E-state index >= 15 is 0 Å². The van der Waals surface area contributed by atoms with Gasteiger partial charge in [-0.05, 0) is 31.0 Å². The van der Waals surface area contributed by atoms with E-state index in [0.717, 1.165) is 9.13 Å². The van der Waals surface area contributed by atoms with Crippen LogP contribution in [0.25, 0.3) is 10.9 Å². The van der Waals surface area contributed by atoms with Gasteiger partial charge in [-0.3, -0.25) is 13.9 Å². The van der Waals surface area contributed by atoms with Crippen LogP contribution in [-0.2, 0) is 26.7 Å². The van der Waals surface area contributed by atoms with Gasteiger partial charge in [0.25, 0.3) is 0 Å². The topological polar surface area (TPSA) is 117 Å². The minimum Gasteiger partial charge on any atom is -0.324 e. The lowest BCUT2D eigenvalue weighted by atomic mass is 10.2. The molecule has 1 aliphatic rings. The molecule has 0 amide bonds. The maximum Gasteiger partial charge on any atom is 0.355 e. The van der Waals surface area contributed by atoms with Gasteiger partial charge >= 0.3 is 11.4 Å². The normalized spacial score (nSPS) is 14.1. The molecule has 16 heteroatoms. The molecule has 0 bridgehead atoms. The van der Waals surface area contributed by atoms with Crippen LogP contribution in [0, 0.1) is 17.5 Å². The van der Waals surface area contributed by atoms with Crippen molar-refractivity contribution in [3.8, 4) is 0 Å². The Labute approximate surface area is 232 Å². The second-order valence-corrected chi connectivity index (χ2v) is 10.3. The van der Waals surface area contributed by atoms with Gasteiger partial charge < -0.3 is 5.32 Å². The van der Waals surface area contributed by atoms with Crippen molar-refractivity contribution in [1.82, 2.24) is 38.7 Å². The Hall–Kier alpha value is -4.53. The van der Waals surface area contributed by atoms with E-state index in [4.69, 9.17) is 11.6 Å². The fraction of sp³-hybridized carbons (Fsp3) is 0.280. The van der Waals surface area contributed by atoms with Crippen LogP contribution in [0.4, 0.5) is 29.2 Å². The minimum atomic E-state index is -1.40. The molecular weight excluding hydrogens is 570 g/mol. The number of nitrogens with one attached hydrogen (secondary N) is 1. The molecule has 0 atom stereocenters. The van der Waals surface area contributed by atoms with Crippen molar-refractivity contribution in [2.45, 2.75) is 38.1 Å². The molecule has 1 aliphatic carbocycles. The van der Waals surface area contributed by atoms with E-state index in [1.807, 2.05) is 0 Å². The summed E-state index contributed by atoms with van der Waals surface area (Å²) < 4.78 is 60.8. The Bertz CT molecular complexity index is 1940. The van der Waals surface area contributed by atoms with Gasteiger partial charge in [-0.2, -0.15) is 15.2 Å². The summed E-state index contributed by atoms with van der Waals surface area (Å²) in [4.78, 5) is 34.4. The van der Waals surface area contributed by atoms with Crippen molar-refractivity contribution in [2.75, 3.05) is 5.32 Å². The van der Waals surface area contributed by atoms with Gasteiger partial charge in [0, 0.05) is 30.3 Å². The molecule has 41 heavy (non-hydrogen) atoms. The molecule has 3 heterocycles. The number of hydrogen-bond acceptors (Lipinski definition) is 7. The predicted molar refractivity (Wildman–Crippen MR) is 139 cm³/mol. The van der Waals surface area contributed by atoms with Gasteiger partial charge in [0.15, 0.2) is 17.5 Å². The van der Waals surface area contributed by atoms with E-state index in [0.29, 0.717) is 35.9 Å². The van der Waals surface area contributed by atoms with Crippen molar-refractivity contribution in [1.29, 1.82) is 0 Å². The Kier molecular flexibility index (Phi) is 6.40. The summed E-state index contributed by atoms with van der Waals surface area (Å²) in [6.07, 6.45) is 3.92. The van der Waals surface area contributed by atoms with E-state index in [-0.39, 0.29) is 41.1 Å². The fourth-order valence-electron chi connectivity index (χ4n) is 4.33. The number of aromatic nitrogens is 8. The molecule has 0 unspecified atom stereocenters. The second-order valence-electron chi connectivity index (χ2n) is 9.86. The maximum absolute atomic E-state index is 14.6. The number of fused-ring (bicyclic) bond motifs is 1. The molecule has 3 aromatic heterocycles. The van der Waals surface area contributed by atoms with Crippen molar-refractivity contribution >= 4 is 34.1 Å². The van der Waals surface area contributed by atoms with Crippen LogP contribution in [0.2, 0.25) is 5.02 Å². The Balaban J connectivity index is 1.42. The Morgan fingerprint density at radius 1 is 1.00 bits per heavy atom. The summed E-state index contributed by atoms with van der Waals surface area (Å²) >= 11 is 6.45. The molecule has 0 saturated heterocycles. The maximum atomic E-state index is 14.6. The van der Waals surface area contributed by atoms with Crippen molar-refractivity contribution < 1.29 is 17.6 Å². The average Bonchev–Trinajstić information content (AvgIpc) is 3.28. The predicted octanol–water partition coefficient (Wildman–Crippen LogP) is 3.30. The quantitative estimate of drug-likeness (QED) is 0.218. The van der Waals surface area contributed by atoms with Gasteiger partial charge in [0.2, 0.25) is 5.95 Å². The number of hydrogen-bond donors (Lipinski definition) is 1. The number of rotatable bonds is 8. The van der Waals surface area contributed by atoms with Gasteiger partial charge in [0.05, 0.1) is 35.9 Å². The molecule has 5 aromatic rings. The van der Waals surface area contributed by atoms with Crippen LogP contribution in [0.15, 0.2) is 46.4 Å². The zero-order chi connectivity index (χ0) is 29.1. The van der Waals surface area contributed by atoms with Crippen molar-refractivity contribution in [2.24, 2.45) is 7.05 Å². The second kappa shape index (κ2) is 9.83. The zero-order valence-electron chi connectivity index (χ0n) is 21.3. The van der Waals surface area contributed by atoms with Gasteiger partial charge in [-0.15, -0.1) is 0 Å². The Morgan fingerprint density at radius 2 is 1.76 bits per heavy atom. The number of aryl methyl sites for hydroxylation is 1. The highest BCUT2D eigenvalue weighted by molar-refractivity contribution is 6.34. The van der Waals surface area contributed by atoms with Gasteiger partial charge in [0.1, 0.15) is 17.8 Å². The SMILES string of the molecule is Cn1cnc(Cn2c(=O)nc(Nc3cc4cn(CC5(F)CC5)nc4cc3Cl)n(Cc3cc(F)c(F)cc3F)c2=O)n1. The largest absolute Gasteiger partial charge is 0.355 e. The molecule has 0 radical (unpaired) electrons. The number of benzene rings is 2. The van der Waals surface area contributed by atoms with Crippen LogP contribution in [0.5, 0.6) is 0 Å². The molecule has 0 aliphatic heterocycles. The minimum absolute atomic E-state index is 0.0896. The van der Waals surface area contributed by atoms with Gasteiger partial charge in [-0.25, -0.2) is 36.7 Å². The molecule has 1 saturated carbocycles. The van der Waals surface area contributed by atoms with Crippen molar-refractivity contribution in [3.63, 3.8) is 0 Å². The smallest absolute Gasteiger partial charge is 0.324 e. The highest BCUT2D eigenvalue weighted by atomic mass is 35.5. The standard InChI is InChI=1S/C25H20ClF4N9O2/c1-36-12-31-21(35-36)10-39-23(40)33-22(38(24(39)41)9-13-4-17(28)18(29)7-16(13)27)32-20-5-14-8-37(11-25(30)2-3-25)34-19(14)6-15(20)26/h4-8,12H,2-3,9-11H2,1H3,(H,32,33,40). The van der Waals surface area contributed by atoms with E-state index in [2.05, 4.69) is 25.5 Å². The monoisotopic (exact) mass is 589 g/mol. The van der Waals surface area contributed by atoms with Crippen LogP contribution < -0.4 is 16.7 Å². The lowest BCUT2D eigenvalue weighted by Crippen LogP contribution is -2.43. The first-order valence-corrected chi connectivity index (χ1v) is 12.7. The van der Waals surface area contributed by atoms with E-state index in [1.165, 1.54) is 21.8 Å². The fourth-order valence-corrected chi connectivity index (χ4v) is 4.54. The number of nitrogens with zero attached hydrogens (tertiary/aromatic N) is 8. The first-order chi connectivity index (χ1) is 19.5. The summed E-state index contributed by atoms with van der Waals surface area (Å²) in [5.74, 6) is -4.05. The highest BCUT2D eigenvalue weighted by Crippen LogP contribution is 2.41. The lowest BCUT2D eigenvalue weighted by Gasteiger charge is -2.16. The molecule has 1 N–H and O–H groups in total. The van der Waals surface area contributed by atoms with E-state index in [1.54, 1.807) is 19.3 Å². The summed E-state index contributed by atoms with van der Waals surface area (Å²) in [7, 11) is 1.60. The Morgan fingerprint density at radius 3 is 2.46 bits per heavy atom. The number of halogens is 5. The molecule has 212 valence electrons. The first kappa shape index (κ1) is 26.7. The molecular formula is C25H20ClF4N9O2. The van der Waals surface area contributed by atoms with Crippen molar-refractivity contribution in [3.05, 3.63) is 91.6 Å². The lowest BCUT2D eigenvalue weighted by molar-refractivity contribution is 0.262. The van der Waals surface area contributed by atoms with Crippen LogP contribution in [0.1, 0.15) is 24.2 Å². The zero-order valence-corrected chi connectivity index (χ0v) is 22.0. The number of anilines is 2. The van der Waals surface area contributed by atoms with Crippen LogP contribution in [0.3, 0.4) is 0 Å². The third-order valence-corrected chi connectivity index (χ3v) is 6.95. The van der Waals surface area contributed by atoms with E-state index in [9.17, 15) is 27.2 Å². The molecule has 1 fully saturated rings. The van der Waals surface area contributed by atoms with Crippen LogP contribution in [-0.4, -0.2) is 44.3 Å². The van der Waals surface area contributed by atoms with Gasteiger partial charge in [-0.1, -0.05) is 11.6 Å².